The lowest BCUT2D eigenvalue weighted by atomic mass is 9.88. The topological polar surface area (TPSA) is 83.8 Å². The van der Waals surface area contributed by atoms with Gasteiger partial charge in [-0.3, -0.25) is 9.59 Å². The van der Waals surface area contributed by atoms with Gasteiger partial charge in [0, 0.05) is 24.7 Å². The number of hydrogen-bond donors (Lipinski definition) is 2. The van der Waals surface area contributed by atoms with Crippen LogP contribution in [0.25, 0.3) is 0 Å². The molecule has 0 aromatic rings. The van der Waals surface area contributed by atoms with E-state index < -0.39 is 11.7 Å². The van der Waals surface area contributed by atoms with E-state index in [1.807, 2.05) is 30.4 Å². The van der Waals surface area contributed by atoms with Crippen molar-refractivity contribution in [2.24, 2.45) is 17.3 Å². The molecule has 0 bridgehead atoms. The molecule has 0 aromatic heterocycles. The molecule has 3 unspecified atom stereocenters. The Morgan fingerprint density at radius 2 is 1.97 bits per heavy atom. The molecule has 0 spiro atoms. The van der Waals surface area contributed by atoms with E-state index in [2.05, 4.69) is 17.7 Å². The van der Waals surface area contributed by atoms with Crippen LogP contribution in [0.2, 0.25) is 0 Å². The number of aliphatic hydroxyl groups excluding tert-OH is 1. The molecule has 0 saturated heterocycles. The number of rotatable bonds is 11. The predicted octanol–water partition coefficient (Wildman–Crippen LogP) is 3.90. The van der Waals surface area contributed by atoms with Gasteiger partial charge in [-0.25, -0.2) is 0 Å². The number of carbonyl (C=O) groups is 2. The molecule has 29 heavy (non-hydrogen) atoms. The second kappa shape index (κ2) is 10.4. The van der Waals surface area contributed by atoms with Crippen molar-refractivity contribution in [3.05, 3.63) is 36.5 Å². The summed E-state index contributed by atoms with van der Waals surface area (Å²) in [7, 11) is 1.37. The summed E-state index contributed by atoms with van der Waals surface area (Å²) in [6.45, 7) is 3.97. The summed E-state index contributed by atoms with van der Waals surface area (Å²) in [5, 5.41) is 20.8. The lowest BCUT2D eigenvalue weighted by Gasteiger charge is -2.20. The van der Waals surface area contributed by atoms with E-state index in [0.717, 1.165) is 6.42 Å². The van der Waals surface area contributed by atoms with Gasteiger partial charge in [-0.15, -0.1) is 0 Å². The van der Waals surface area contributed by atoms with E-state index in [1.54, 1.807) is 6.92 Å². The molecule has 2 saturated carbocycles. The monoisotopic (exact) mass is 404 g/mol. The zero-order valence-corrected chi connectivity index (χ0v) is 18.0. The van der Waals surface area contributed by atoms with Crippen LogP contribution in [0, 0.1) is 17.3 Å². The fourth-order valence-corrected chi connectivity index (χ4v) is 3.68. The number of hydrogen-bond acceptors (Lipinski definition) is 5. The van der Waals surface area contributed by atoms with E-state index in [4.69, 9.17) is 0 Å². The lowest BCUT2D eigenvalue weighted by molar-refractivity contribution is -0.140. The SMILES string of the molecule is COC(=O)CC/C=C\CC[C@H]1C(=O)CC(O)C1/C=C/CC(C)(O)/C=C/C1(C)CC1. The van der Waals surface area contributed by atoms with Crippen molar-refractivity contribution in [2.45, 2.75) is 76.9 Å². The summed E-state index contributed by atoms with van der Waals surface area (Å²) >= 11 is 0. The third-order valence-electron chi connectivity index (χ3n) is 6.06. The Bertz CT molecular complexity index is 654. The fourth-order valence-electron chi connectivity index (χ4n) is 3.68. The van der Waals surface area contributed by atoms with Crippen LogP contribution in [-0.4, -0.2) is 40.8 Å². The van der Waals surface area contributed by atoms with Gasteiger partial charge < -0.3 is 14.9 Å². The number of allylic oxidation sites excluding steroid dienone is 3. The quantitative estimate of drug-likeness (QED) is 0.403. The van der Waals surface area contributed by atoms with E-state index in [1.165, 1.54) is 20.0 Å². The molecule has 0 heterocycles. The van der Waals surface area contributed by atoms with Crippen molar-refractivity contribution in [1.29, 1.82) is 0 Å². The van der Waals surface area contributed by atoms with Gasteiger partial charge in [0.1, 0.15) is 5.78 Å². The number of esters is 1. The minimum Gasteiger partial charge on any atom is -0.469 e. The molecule has 2 fully saturated rings. The molecule has 162 valence electrons. The third kappa shape index (κ3) is 7.90. The lowest BCUT2D eigenvalue weighted by Crippen LogP contribution is -2.21. The van der Waals surface area contributed by atoms with E-state index in [0.29, 0.717) is 25.7 Å². The fraction of sp³-hybridized carbons (Fsp3) is 0.667. The average molecular weight is 405 g/mol. The van der Waals surface area contributed by atoms with Gasteiger partial charge in [-0.1, -0.05) is 43.4 Å². The summed E-state index contributed by atoms with van der Waals surface area (Å²) < 4.78 is 4.60. The minimum absolute atomic E-state index is 0.100. The van der Waals surface area contributed by atoms with Gasteiger partial charge in [-0.05, 0) is 50.9 Å². The normalized spacial score (nSPS) is 28.4. The van der Waals surface area contributed by atoms with Crippen LogP contribution in [0.15, 0.2) is 36.5 Å². The molecule has 0 aromatic carbocycles. The average Bonchev–Trinajstić information content (AvgIpc) is 3.34. The number of carbonyl (C=O) groups excluding carboxylic acids is 2. The second-order valence-electron chi connectivity index (χ2n) is 9.06. The molecule has 5 heteroatoms. The maximum absolute atomic E-state index is 12.3. The van der Waals surface area contributed by atoms with Crippen molar-refractivity contribution in [3.63, 3.8) is 0 Å². The van der Waals surface area contributed by atoms with Gasteiger partial charge in [0.05, 0.1) is 18.8 Å². The van der Waals surface area contributed by atoms with E-state index in [9.17, 15) is 19.8 Å². The maximum atomic E-state index is 12.3. The first-order valence-electron chi connectivity index (χ1n) is 10.7. The molecule has 2 N–H and O–H groups in total. The van der Waals surface area contributed by atoms with Crippen molar-refractivity contribution in [2.75, 3.05) is 7.11 Å². The van der Waals surface area contributed by atoms with E-state index >= 15 is 0 Å². The zero-order valence-electron chi connectivity index (χ0n) is 18.0. The molecule has 0 aliphatic heterocycles. The van der Waals surface area contributed by atoms with Crippen LogP contribution < -0.4 is 0 Å². The first-order chi connectivity index (χ1) is 13.7. The highest BCUT2D eigenvalue weighted by atomic mass is 16.5. The Morgan fingerprint density at radius 3 is 2.62 bits per heavy atom. The van der Waals surface area contributed by atoms with Gasteiger partial charge in [0.25, 0.3) is 0 Å². The van der Waals surface area contributed by atoms with Crippen LogP contribution in [0.1, 0.15) is 65.2 Å². The summed E-state index contributed by atoms with van der Waals surface area (Å²) in [5.74, 6) is -0.529. The highest BCUT2D eigenvalue weighted by Gasteiger charge is 2.39. The molecule has 2 aliphatic rings. The first-order valence-corrected chi connectivity index (χ1v) is 10.7. The van der Waals surface area contributed by atoms with Crippen molar-refractivity contribution < 1.29 is 24.5 Å². The highest BCUT2D eigenvalue weighted by molar-refractivity contribution is 5.84. The number of Topliss-reactive ketones (excluding diaryl/α,β-unsaturated/α-hetero) is 1. The molecule has 5 nitrogen and oxygen atoms in total. The van der Waals surface area contributed by atoms with Gasteiger partial charge in [0.15, 0.2) is 0 Å². The van der Waals surface area contributed by atoms with E-state index in [-0.39, 0.29) is 35.4 Å². The Hall–Kier alpha value is -1.72. The molecule has 4 atom stereocenters. The summed E-state index contributed by atoms with van der Waals surface area (Å²) in [6.07, 6.45) is 16.4. The smallest absolute Gasteiger partial charge is 0.305 e. The Morgan fingerprint density at radius 1 is 1.28 bits per heavy atom. The molecule has 2 aliphatic carbocycles. The van der Waals surface area contributed by atoms with Crippen molar-refractivity contribution in [3.8, 4) is 0 Å². The number of ketones is 1. The number of aliphatic hydroxyl groups is 2. The molecular weight excluding hydrogens is 368 g/mol. The third-order valence-corrected chi connectivity index (χ3v) is 6.06. The van der Waals surface area contributed by atoms with Crippen LogP contribution in [0.5, 0.6) is 0 Å². The highest BCUT2D eigenvalue weighted by Crippen LogP contribution is 2.46. The maximum Gasteiger partial charge on any atom is 0.305 e. The number of methoxy groups -OCH3 is 1. The zero-order chi connectivity index (χ0) is 21.5. The molecule has 2 rings (SSSR count). The standard InChI is InChI=1S/C24H36O5/c1-23(13-14-23)15-16-24(2,28)12-8-10-19-18(20(25)17-21(19)26)9-6-4-5-7-11-22(27)29-3/h4-5,8,10,15-16,18-19,21,26,28H,6-7,9,11-14,17H2,1-3H3/b5-4-,10-8+,16-15+/t18-,19?,21?,24?/m1/s1. The number of ether oxygens (including phenoxy) is 1. The van der Waals surface area contributed by atoms with Gasteiger partial charge in [-0.2, -0.15) is 0 Å². The van der Waals surface area contributed by atoms with Crippen LogP contribution in [0.4, 0.5) is 0 Å². The molecular formula is C24H36O5. The van der Waals surface area contributed by atoms with Gasteiger partial charge in [0.2, 0.25) is 0 Å². The van der Waals surface area contributed by atoms with Crippen LogP contribution in [0.3, 0.4) is 0 Å². The first kappa shape index (κ1) is 23.6. The Labute approximate surface area is 174 Å². The van der Waals surface area contributed by atoms with Crippen LogP contribution in [-0.2, 0) is 14.3 Å². The second-order valence-corrected chi connectivity index (χ2v) is 9.06. The summed E-state index contributed by atoms with van der Waals surface area (Å²) in [6, 6.07) is 0. The van der Waals surface area contributed by atoms with Gasteiger partial charge >= 0.3 is 5.97 Å². The Balaban J connectivity index is 1.82. The minimum atomic E-state index is -0.923. The molecule has 0 radical (unpaired) electrons. The summed E-state index contributed by atoms with van der Waals surface area (Å²) in [5.41, 5.74) is -0.676. The van der Waals surface area contributed by atoms with Crippen molar-refractivity contribution in [1.82, 2.24) is 0 Å². The summed E-state index contributed by atoms with van der Waals surface area (Å²) in [4.78, 5) is 23.4. The van der Waals surface area contributed by atoms with Crippen molar-refractivity contribution >= 4 is 11.8 Å². The largest absolute Gasteiger partial charge is 0.469 e. The predicted molar refractivity (Wildman–Crippen MR) is 113 cm³/mol. The molecule has 0 amide bonds. The van der Waals surface area contributed by atoms with Crippen LogP contribution >= 0.6 is 0 Å². The Kier molecular flexibility index (Phi) is 8.41.